The van der Waals surface area contributed by atoms with Crippen LogP contribution in [-0.4, -0.2) is 6.29 Å². The molecular formula is C13H10OS3. The molecule has 0 radical (unpaired) electrons. The van der Waals surface area contributed by atoms with Crippen molar-refractivity contribution in [2.45, 2.75) is 14.7 Å². The largest absolute Gasteiger partial charge is 0.298 e. The Hall–Kier alpha value is -0.840. The van der Waals surface area contributed by atoms with Crippen molar-refractivity contribution in [2.75, 3.05) is 0 Å². The highest BCUT2D eigenvalue weighted by Crippen LogP contribution is 2.37. The predicted molar refractivity (Wildman–Crippen MR) is 77.2 cm³/mol. The van der Waals surface area contributed by atoms with Crippen molar-refractivity contribution in [1.82, 2.24) is 0 Å². The normalized spacial score (nSPS) is 10.2. The predicted octanol–water partition coefficient (Wildman–Crippen LogP) is 4.59. The van der Waals surface area contributed by atoms with Gasteiger partial charge in [-0.2, -0.15) is 0 Å². The molecule has 2 aromatic rings. The monoisotopic (exact) mass is 278 g/mol. The Balaban J connectivity index is 2.33. The maximum Gasteiger partial charge on any atom is 0.150 e. The molecule has 1 nitrogen and oxygen atoms in total. The summed E-state index contributed by atoms with van der Waals surface area (Å²) in [5.41, 5.74) is 0.689. The molecule has 17 heavy (non-hydrogen) atoms. The first-order valence-corrected chi connectivity index (χ1v) is 7.65. The van der Waals surface area contributed by atoms with Crippen LogP contribution in [0.4, 0.5) is 0 Å². The number of aldehydes is 1. The molecule has 0 spiro atoms. The fourth-order valence-corrected chi connectivity index (χ4v) is 3.47. The van der Waals surface area contributed by atoms with E-state index in [9.17, 15) is 4.79 Å². The molecule has 0 aliphatic carbocycles. The average molecular weight is 278 g/mol. The van der Waals surface area contributed by atoms with Crippen molar-refractivity contribution in [2.24, 2.45) is 0 Å². The summed E-state index contributed by atoms with van der Waals surface area (Å²) in [6.07, 6.45) is 0.863. The van der Waals surface area contributed by atoms with E-state index in [1.165, 1.54) is 10.8 Å². The van der Waals surface area contributed by atoms with E-state index < -0.39 is 0 Å². The van der Waals surface area contributed by atoms with Crippen LogP contribution >= 0.6 is 34.2 Å². The number of benzene rings is 2. The lowest BCUT2D eigenvalue weighted by Crippen LogP contribution is -1.83. The molecule has 0 unspecified atom stereocenters. The molecule has 0 bridgehead atoms. The Bertz CT molecular complexity index is 511. The van der Waals surface area contributed by atoms with Crippen LogP contribution in [0.2, 0.25) is 0 Å². The standard InChI is InChI=1S/C13H10OS3/c14-9-10-6-7-12(17-15)13(8-10)16-11-4-2-1-3-5-11/h1-9,15H. The molecule has 0 saturated carbocycles. The van der Waals surface area contributed by atoms with Gasteiger partial charge in [-0.3, -0.25) is 4.79 Å². The van der Waals surface area contributed by atoms with Gasteiger partial charge in [0.15, 0.2) is 0 Å². The molecule has 0 heterocycles. The fraction of sp³-hybridized carbons (Fsp3) is 0. The lowest BCUT2D eigenvalue weighted by atomic mass is 10.2. The number of carbonyl (C=O) groups excluding carboxylic acids is 1. The number of hydrogen-bond donors (Lipinski definition) is 1. The van der Waals surface area contributed by atoms with Gasteiger partial charge in [-0.05, 0) is 24.3 Å². The molecule has 0 aliphatic rings. The van der Waals surface area contributed by atoms with Gasteiger partial charge in [0.1, 0.15) is 6.29 Å². The molecule has 0 atom stereocenters. The van der Waals surface area contributed by atoms with Gasteiger partial charge in [-0.15, -0.1) is 11.7 Å². The first-order chi connectivity index (χ1) is 8.33. The summed E-state index contributed by atoms with van der Waals surface area (Å²) in [7, 11) is 1.39. The fourth-order valence-electron chi connectivity index (χ4n) is 1.37. The van der Waals surface area contributed by atoms with Gasteiger partial charge in [-0.1, -0.05) is 46.8 Å². The van der Waals surface area contributed by atoms with Crippen LogP contribution in [0.5, 0.6) is 0 Å². The van der Waals surface area contributed by atoms with E-state index in [1.54, 1.807) is 17.8 Å². The zero-order valence-corrected chi connectivity index (χ0v) is 11.4. The van der Waals surface area contributed by atoms with Crippen molar-refractivity contribution >= 4 is 40.5 Å². The molecule has 0 fully saturated rings. The van der Waals surface area contributed by atoms with Gasteiger partial charge in [0.05, 0.1) is 0 Å². The highest BCUT2D eigenvalue weighted by Gasteiger charge is 2.05. The summed E-state index contributed by atoms with van der Waals surface area (Å²) in [6, 6.07) is 15.7. The SMILES string of the molecule is O=Cc1ccc(SS)c(Sc2ccccc2)c1. The van der Waals surface area contributed by atoms with E-state index in [-0.39, 0.29) is 0 Å². The van der Waals surface area contributed by atoms with E-state index in [0.717, 1.165) is 21.0 Å². The molecule has 2 rings (SSSR count). The van der Waals surface area contributed by atoms with Crippen LogP contribution in [0.1, 0.15) is 10.4 Å². The van der Waals surface area contributed by atoms with Crippen LogP contribution in [-0.2, 0) is 0 Å². The highest BCUT2D eigenvalue weighted by atomic mass is 33.1. The lowest BCUT2D eigenvalue weighted by Gasteiger charge is -2.07. The Morgan fingerprint density at radius 2 is 1.76 bits per heavy atom. The van der Waals surface area contributed by atoms with E-state index in [1.807, 2.05) is 42.5 Å². The summed E-state index contributed by atoms with van der Waals surface area (Å²) < 4.78 is 0. The van der Waals surface area contributed by atoms with E-state index in [2.05, 4.69) is 11.7 Å². The summed E-state index contributed by atoms with van der Waals surface area (Å²) in [4.78, 5) is 14.0. The average Bonchev–Trinajstić information content (AvgIpc) is 2.40. The third-order valence-corrected chi connectivity index (χ3v) is 4.51. The van der Waals surface area contributed by atoms with Crippen molar-refractivity contribution < 1.29 is 4.79 Å². The van der Waals surface area contributed by atoms with Crippen LogP contribution < -0.4 is 0 Å². The maximum absolute atomic E-state index is 10.8. The molecule has 4 heteroatoms. The minimum absolute atomic E-state index is 0.689. The quantitative estimate of drug-likeness (QED) is 0.501. The van der Waals surface area contributed by atoms with Gasteiger partial charge in [0.2, 0.25) is 0 Å². The molecular weight excluding hydrogens is 268 g/mol. The summed E-state index contributed by atoms with van der Waals surface area (Å²) in [6.45, 7) is 0. The number of thiol groups is 1. The van der Waals surface area contributed by atoms with E-state index >= 15 is 0 Å². The first kappa shape index (κ1) is 12.6. The smallest absolute Gasteiger partial charge is 0.150 e. The van der Waals surface area contributed by atoms with Crippen LogP contribution in [0, 0.1) is 0 Å². The van der Waals surface area contributed by atoms with Crippen molar-refractivity contribution in [3.8, 4) is 0 Å². The molecule has 0 N–H and O–H groups in total. The van der Waals surface area contributed by atoms with Crippen LogP contribution in [0.3, 0.4) is 0 Å². The van der Waals surface area contributed by atoms with Gasteiger partial charge in [0, 0.05) is 20.2 Å². The minimum atomic E-state index is 0.689. The molecule has 0 amide bonds. The number of carbonyl (C=O) groups is 1. The van der Waals surface area contributed by atoms with Gasteiger partial charge >= 0.3 is 0 Å². The Kier molecular flexibility index (Phi) is 4.59. The van der Waals surface area contributed by atoms with Crippen molar-refractivity contribution in [3.63, 3.8) is 0 Å². The summed E-state index contributed by atoms with van der Waals surface area (Å²) in [5, 5.41) is 0. The number of hydrogen-bond acceptors (Lipinski definition) is 4. The topological polar surface area (TPSA) is 17.1 Å². The van der Waals surface area contributed by atoms with E-state index in [4.69, 9.17) is 0 Å². The maximum atomic E-state index is 10.8. The zero-order chi connectivity index (χ0) is 12.1. The summed E-state index contributed by atoms with van der Waals surface area (Å²) in [5.74, 6) is 0. The van der Waals surface area contributed by atoms with Crippen molar-refractivity contribution in [1.29, 1.82) is 0 Å². The summed E-state index contributed by atoms with van der Waals surface area (Å²) >= 11 is 5.86. The zero-order valence-electron chi connectivity index (χ0n) is 8.87. The Morgan fingerprint density at radius 3 is 2.41 bits per heavy atom. The van der Waals surface area contributed by atoms with Gasteiger partial charge in [0.25, 0.3) is 0 Å². The van der Waals surface area contributed by atoms with Crippen LogP contribution in [0.15, 0.2) is 63.2 Å². The highest BCUT2D eigenvalue weighted by molar-refractivity contribution is 8.68. The van der Waals surface area contributed by atoms with Gasteiger partial charge in [-0.25, -0.2) is 0 Å². The van der Waals surface area contributed by atoms with E-state index in [0.29, 0.717) is 5.56 Å². The molecule has 0 saturated heterocycles. The second kappa shape index (κ2) is 6.19. The molecule has 2 aromatic carbocycles. The second-order valence-corrected chi connectivity index (χ2v) is 5.62. The lowest BCUT2D eigenvalue weighted by molar-refractivity contribution is 0.112. The number of rotatable bonds is 4. The van der Waals surface area contributed by atoms with Crippen molar-refractivity contribution in [3.05, 3.63) is 54.1 Å². The molecule has 86 valence electrons. The Morgan fingerprint density at radius 1 is 1.00 bits per heavy atom. The minimum Gasteiger partial charge on any atom is -0.298 e. The first-order valence-electron chi connectivity index (χ1n) is 4.97. The van der Waals surface area contributed by atoms with Crippen LogP contribution in [0.25, 0.3) is 0 Å². The van der Waals surface area contributed by atoms with Gasteiger partial charge < -0.3 is 0 Å². The third-order valence-electron chi connectivity index (χ3n) is 2.17. The Labute approximate surface area is 114 Å². The second-order valence-electron chi connectivity index (χ2n) is 3.33. The molecule has 0 aliphatic heterocycles. The third kappa shape index (κ3) is 3.31. The molecule has 0 aromatic heterocycles.